The molecule has 1 aliphatic rings. The Labute approximate surface area is 119 Å². The summed E-state index contributed by atoms with van der Waals surface area (Å²) in [5, 5.41) is -0.161. The van der Waals surface area contributed by atoms with E-state index in [9.17, 15) is 8.42 Å². The van der Waals surface area contributed by atoms with E-state index in [0.717, 1.165) is 35.2 Å². The minimum absolute atomic E-state index is 0.161. The van der Waals surface area contributed by atoms with Crippen molar-refractivity contribution in [3.8, 4) is 11.1 Å². The summed E-state index contributed by atoms with van der Waals surface area (Å²) in [6.07, 6.45) is 1.59. The van der Waals surface area contributed by atoms with Gasteiger partial charge in [-0.3, -0.25) is 0 Å². The number of hydrogen-bond acceptors (Lipinski definition) is 3. The SMILES string of the molecule is Cc1cc(N)ccc1-c1ccc(S(=O)(=O)C2CC2)cc1. The van der Waals surface area contributed by atoms with Gasteiger partial charge in [-0.2, -0.15) is 0 Å². The molecule has 2 N–H and O–H groups in total. The van der Waals surface area contributed by atoms with Crippen LogP contribution in [0.2, 0.25) is 0 Å². The van der Waals surface area contributed by atoms with Gasteiger partial charge in [0.25, 0.3) is 0 Å². The third-order valence-corrected chi connectivity index (χ3v) is 5.99. The zero-order chi connectivity index (χ0) is 14.3. The van der Waals surface area contributed by atoms with E-state index in [0.29, 0.717) is 4.90 Å². The van der Waals surface area contributed by atoms with Crippen molar-refractivity contribution >= 4 is 15.5 Å². The molecule has 0 unspecified atom stereocenters. The molecule has 4 heteroatoms. The third kappa shape index (κ3) is 2.31. The summed E-state index contributed by atoms with van der Waals surface area (Å²) in [5.41, 5.74) is 9.66. The van der Waals surface area contributed by atoms with Gasteiger partial charge in [0.2, 0.25) is 0 Å². The Hall–Kier alpha value is -1.81. The van der Waals surface area contributed by atoms with Gasteiger partial charge >= 0.3 is 0 Å². The molecule has 0 aromatic heterocycles. The first-order valence-corrected chi connectivity index (χ1v) is 8.23. The fourth-order valence-corrected chi connectivity index (χ4v) is 4.06. The molecular formula is C16H17NO2S. The van der Waals surface area contributed by atoms with Crippen LogP contribution in [0.4, 0.5) is 5.69 Å². The molecule has 0 aliphatic heterocycles. The molecule has 0 saturated heterocycles. The number of anilines is 1. The zero-order valence-corrected chi connectivity index (χ0v) is 12.2. The Morgan fingerprint density at radius 3 is 2.25 bits per heavy atom. The molecule has 1 saturated carbocycles. The largest absolute Gasteiger partial charge is 0.399 e. The zero-order valence-electron chi connectivity index (χ0n) is 11.3. The lowest BCUT2D eigenvalue weighted by molar-refractivity contribution is 0.595. The Kier molecular flexibility index (Phi) is 3.05. The number of rotatable bonds is 3. The van der Waals surface area contributed by atoms with Gasteiger partial charge in [-0.25, -0.2) is 8.42 Å². The maximum atomic E-state index is 12.1. The highest BCUT2D eigenvalue weighted by atomic mass is 32.2. The standard InChI is InChI=1S/C16H17NO2S/c1-11-10-13(17)4-9-16(11)12-2-5-14(6-3-12)20(18,19)15-7-8-15/h2-6,9-10,15H,7-8,17H2,1H3. The minimum atomic E-state index is -3.10. The van der Waals surface area contributed by atoms with Gasteiger partial charge in [0.15, 0.2) is 9.84 Å². The molecular weight excluding hydrogens is 270 g/mol. The van der Waals surface area contributed by atoms with Crippen molar-refractivity contribution in [1.82, 2.24) is 0 Å². The van der Waals surface area contributed by atoms with E-state index in [4.69, 9.17) is 5.73 Å². The van der Waals surface area contributed by atoms with Gasteiger partial charge < -0.3 is 5.73 Å². The summed E-state index contributed by atoms with van der Waals surface area (Å²) in [6, 6.07) is 12.9. The van der Waals surface area contributed by atoms with Crippen LogP contribution in [-0.4, -0.2) is 13.7 Å². The lowest BCUT2D eigenvalue weighted by Crippen LogP contribution is -2.06. The van der Waals surface area contributed by atoms with Crippen LogP contribution in [0.3, 0.4) is 0 Å². The summed E-state index contributed by atoms with van der Waals surface area (Å²) in [4.78, 5) is 0.428. The van der Waals surface area contributed by atoms with Gasteiger partial charge in [-0.1, -0.05) is 18.2 Å². The molecule has 3 nitrogen and oxygen atoms in total. The third-order valence-electron chi connectivity index (χ3n) is 3.71. The minimum Gasteiger partial charge on any atom is -0.399 e. The van der Waals surface area contributed by atoms with Crippen molar-refractivity contribution in [2.24, 2.45) is 0 Å². The number of hydrogen-bond donors (Lipinski definition) is 1. The normalized spacial score (nSPS) is 15.2. The highest BCUT2D eigenvalue weighted by molar-refractivity contribution is 7.92. The molecule has 1 fully saturated rings. The van der Waals surface area contributed by atoms with Crippen LogP contribution in [-0.2, 0) is 9.84 Å². The lowest BCUT2D eigenvalue weighted by Gasteiger charge is -2.08. The van der Waals surface area contributed by atoms with Crippen LogP contribution < -0.4 is 5.73 Å². The van der Waals surface area contributed by atoms with Gasteiger partial charge in [0, 0.05) is 5.69 Å². The Morgan fingerprint density at radius 2 is 1.70 bits per heavy atom. The molecule has 104 valence electrons. The van der Waals surface area contributed by atoms with E-state index < -0.39 is 9.84 Å². The maximum Gasteiger partial charge on any atom is 0.181 e. The fraction of sp³-hybridized carbons (Fsp3) is 0.250. The first-order chi connectivity index (χ1) is 9.48. The summed E-state index contributed by atoms with van der Waals surface area (Å²) in [7, 11) is -3.10. The first-order valence-electron chi connectivity index (χ1n) is 6.69. The molecule has 0 heterocycles. The molecule has 3 rings (SSSR count). The van der Waals surface area contributed by atoms with E-state index in [-0.39, 0.29) is 5.25 Å². The first kappa shape index (κ1) is 13.2. The highest BCUT2D eigenvalue weighted by Gasteiger charge is 2.36. The quantitative estimate of drug-likeness (QED) is 0.882. The second kappa shape index (κ2) is 4.63. The van der Waals surface area contributed by atoms with Gasteiger partial charge in [-0.15, -0.1) is 0 Å². The Bertz CT molecular complexity index is 745. The second-order valence-electron chi connectivity index (χ2n) is 5.34. The molecule has 20 heavy (non-hydrogen) atoms. The van der Waals surface area contributed by atoms with Crippen LogP contribution in [0, 0.1) is 6.92 Å². The molecule has 0 atom stereocenters. The van der Waals surface area contributed by atoms with Crippen molar-refractivity contribution in [2.45, 2.75) is 29.9 Å². The van der Waals surface area contributed by atoms with E-state index in [2.05, 4.69) is 0 Å². The van der Waals surface area contributed by atoms with E-state index in [1.807, 2.05) is 37.3 Å². The summed E-state index contributed by atoms with van der Waals surface area (Å²) >= 11 is 0. The predicted octanol–water partition coefficient (Wildman–Crippen LogP) is 3.18. The number of aryl methyl sites for hydroxylation is 1. The smallest absolute Gasteiger partial charge is 0.181 e. The van der Waals surface area contributed by atoms with Crippen LogP contribution >= 0.6 is 0 Å². The Morgan fingerprint density at radius 1 is 1.05 bits per heavy atom. The molecule has 2 aromatic carbocycles. The average molecular weight is 287 g/mol. The maximum absolute atomic E-state index is 12.1. The second-order valence-corrected chi connectivity index (χ2v) is 7.57. The fourth-order valence-electron chi connectivity index (χ4n) is 2.41. The van der Waals surface area contributed by atoms with Crippen LogP contribution in [0.5, 0.6) is 0 Å². The Balaban J connectivity index is 1.97. The van der Waals surface area contributed by atoms with Crippen molar-refractivity contribution < 1.29 is 8.42 Å². The van der Waals surface area contributed by atoms with E-state index >= 15 is 0 Å². The summed E-state index contributed by atoms with van der Waals surface area (Å²) in [6.45, 7) is 2.00. The van der Waals surface area contributed by atoms with Gasteiger partial charge in [-0.05, 0) is 60.7 Å². The molecule has 0 spiro atoms. The number of nitrogen functional groups attached to an aromatic ring is 1. The van der Waals surface area contributed by atoms with Crippen molar-refractivity contribution in [3.63, 3.8) is 0 Å². The van der Waals surface area contributed by atoms with Crippen LogP contribution in [0.1, 0.15) is 18.4 Å². The van der Waals surface area contributed by atoms with E-state index in [1.54, 1.807) is 12.1 Å². The molecule has 0 amide bonds. The number of benzene rings is 2. The van der Waals surface area contributed by atoms with Crippen molar-refractivity contribution in [3.05, 3.63) is 48.0 Å². The summed E-state index contributed by atoms with van der Waals surface area (Å²) in [5.74, 6) is 0. The lowest BCUT2D eigenvalue weighted by atomic mass is 10.0. The van der Waals surface area contributed by atoms with Gasteiger partial charge in [0.1, 0.15) is 0 Å². The number of nitrogens with two attached hydrogens (primary N) is 1. The molecule has 0 radical (unpaired) electrons. The number of sulfone groups is 1. The molecule has 1 aliphatic carbocycles. The average Bonchev–Trinajstić information content (AvgIpc) is 3.23. The summed E-state index contributed by atoms with van der Waals surface area (Å²) < 4.78 is 24.3. The highest BCUT2D eigenvalue weighted by Crippen LogP contribution is 2.34. The topological polar surface area (TPSA) is 60.2 Å². The van der Waals surface area contributed by atoms with Crippen LogP contribution in [0.15, 0.2) is 47.4 Å². The monoisotopic (exact) mass is 287 g/mol. The van der Waals surface area contributed by atoms with Crippen LogP contribution in [0.25, 0.3) is 11.1 Å². The molecule has 2 aromatic rings. The van der Waals surface area contributed by atoms with Crippen molar-refractivity contribution in [1.29, 1.82) is 0 Å². The van der Waals surface area contributed by atoms with Crippen molar-refractivity contribution in [2.75, 3.05) is 5.73 Å². The molecule has 0 bridgehead atoms. The van der Waals surface area contributed by atoms with Gasteiger partial charge in [0.05, 0.1) is 10.1 Å². The van der Waals surface area contributed by atoms with E-state index in [1.165, 1.54) is 0 Å². The predicted molar refractivity (Wildman–Crippen MR) is 81.2 cm³/mol.